The van der Waals surface area contributed by atoms with Crippen LogP contribution in [-0.4, -0.2) is 23.7 Å². The van der Waals surface area contributed by atoms with Gasteiger partial charge < -0.3 is 10.4 Å². The van der Waals surface area contributed by atoms with Crippen LogP contribution >= 0.6 is 11.3 Å². The van der Waals surface area contributed by atoms with Crippen molar-refractivity contribution in [3.8, 4) is 0 Å². The van der Waals surface area contributed by atoms with Gasteiger partial charge in [0.15, 0.2) is 0 Å². The van der Waals surface area contributed by atoms with Crippen molar-refractivity contribution in [3.63, 3.8) is 0 Å². The number of carbonyl (C=O) groups is 1. The maximum Gasteiger partial charge on any atom is 0.227 e. The lowest BCUT2D eigenvalue weighted by atomic mass is 9.94. The average Bonchev–Trinajstić information content (AvgIpc) is 2.86. The first-order valence-corrected chi connectivity index (χ1v) is 8.10. The van der Waals surface area contributed by atoms with E-state index in [1.807, 2.05) is 23.8 Å². The van der Waals surface area contributed by atoms with Gasteiger partial charge in [-0.25, -0.2) is 0 Å². The van der Waals surface area contributed by atoms with E-state index < -0.39 is 0 Å². The largest absolute Gasteiger partial charge is 0.396 e. The fourth-order valence-corrected chi connectivity index (χ4v) is 3.53. The van der Waals surface area contributed by atoms with Crippen LogP contribution in [0.25, 0.3) is 0 Å². The maximum atomic E-state index is 12.3. The van der Waals surface area contributed by atoms with Gasteiger partial charge >= 0.3 is 0 Å². The second-order valence-electron chi connectivity index (χ2n) is 5.47. The van der Waals surface area contributed by atoms with Crippen molar-refractivity contribution in [2.24, 2.45) is 5.92 Å². The molecule has 4 heteroatoms. The Balaban J connectivity index is 1.96. The molecule has 2 rings (SSSR count). The van der Waals surface area contributed by atoms with E-state index in [1.165, 1.54) is 6.42 Å². The summed E-state index contributed by atoms with van der Waals surface area (Å²) in [5, 5.41) is 16.7. The molecule has 0 aromatic carbocycles. The lowest BCUT2D eigenvalue weighted by Crippen LogP contribution is -2.42. The Morgan fingerprint density at radius 2 is 2.26 bits per heavy atom. The number of aliphatic hydroxyl groups is 1. The molecule has 2 N–H and O–H groups in total. The highest BCUT2D eigenvalue weighted by Crippen LogP contribution is 2.25. The van der Waals surface area contributed by atoms with Gasteiger partial charge in [-0.15, -0.1) is 0 Å². The third kappa shape index (κ3) is 3.80. The van der Waals surface area contributed by atoms with Crippen LogP contribution in [0, 0.1) is 5.92 Å². The van der Waals surface area contributed by atoms with Crippen molar-refractivity contribution in [3.05, 3.63) is 22.4 Å². The molecule has 106 valence electrons. The number of amides is 1. The third-order valence-electron chi connectivity index (χ3n) is 4.16. The smallest absolute Gasteiger partial charge is 0.227 e. The molecule has 3 nitrogen and oxygen atoms in total. The molecule has 1 saturated carbocycles. The Labute approximate surface area is 119 Å². The van der Waals surface area contributed by atoms with Gasteiger partial charge in [0.05, 0.1) is 5.92 Å². The summed E-state index contributed by atoms with van der Waals surface area (Å²) in [7, 11) is 0. The number of rotatable bonds is 4. The summed E-state index contributed by atoms with van der Waals surface area (Å²) in [5.74, 6) is 0.207. The number of nitrogens with one attached hydrogen (secondary N) is 1. The Morgan fingerprint density at radius 3 is 2.95 bits per heavy atom. The van der Waals surface area contributed by atoms with Crippen LogP contribution in [-0.2, 0) is 4.79 Å². The van der Waals surface area contributed by atoms with Crippen molar-refractivity contribution in [1.82, 2.24) is 5.32 Å². The molecule has 0 spiro atoms. The van der Waals surface area contributed by atoms with E-state index in [4.69, 9.17) is 0 Å². The van der Waals surface area contributed by atoms with Gasteiger partial charge in [0.2, 0.25) is 5.91 Å². The normalized spacial score (nSPS) is 25.6. The number of hydrogen-bond acceptors (Lipinski definition) is 3. The lowest BCUT2D eigenvalue weighted by molar-refractivity contribution is -0.123. The van der Waals surface area contributed by atoms with Gasteiger partial charge in [0.1, 0.15) is 0 Å². The maximum absolute atomic E-state index is 12.3. The molecule has 0 aliphatic heterocycles. The highest BCUT2D eigenvalue weighted by molar-refractivity contribution is 7.08. The number of aliphatic hydroxyl groups excluding tert-OH is 1. The molecular weight excluding hydrogens is 258 g/mol. The molecule has 3 atom stereocenters. The predicted octanol–water partition coefficient (Wildman–Crippen LogP) is 2.91. The zero-order valence-electron chi connectivity index (χ0n) is 11.5. The molecule has 1 aliphatic rings. The lowest BCUT2D eigenvalue weighted by Gasteiger charge is -2.26. The van der Waals surface area contributed by atoms with Crippen LogP contribution in [0.3, 0.4) is 0 Å². The second kappa shape index (κ2) is 7.06. The molecule has 0 saturated heterocycles. The minimum absolute atomic E-state index is 0.0868. The van der Waals surface area contributed by atoms with E-state index in [0.29, 0.717) is 0 Å². The molecule has 3 unspecified atom stereocenters. The van der Waals surface area contributed by atoms with E-state index in [-0.39, 0.29) is 30.4 Å². The summed E-state index contributed by atoms with van der Waals surface area (Å²) >= 11 is 1.62. The molecule has 1 amide bonds. The van der Waals surface area contributed by atoms with Crippen LogP contribution in [0.1, 0.15) is 50.5 Å². The van der Waals surface area contributed by atoms with Gasteiger partial charge in [-0.3, -0.25) is 4.79 Å². The van der Waals surface area contributed by atoms with Gasteiger partial charge in [-0.1, -0.05) is 19.3 Å². The molecule has 1 fully saturated rings. The monoisotopic (exact) mass is 281 g/mol. The Kier molecular flexibility index (Phi) is 5.40. The fourth-order valence-electron chi connectivity index (χ4n) is 2.77. The first kappa shape index (κ1) is 14.5. The van der Waals surface area contributed by atoms with E-state index in [9.17, 15) is 9.90 Å². The molecule has 0 radical (unpaired) electrons. The number of thiophene rings is 1. The molecule has 1 aromatic heterocycles. The van der Waals surface area contributed by atoms with Crippen molar-refractivity contribution in [2.45, 2.75) is 51.0 Å². The second-order valence-corrected chi connectivity index (χ2v) is 6.25. The predicted molar refractivity (Wildman–Crippen MR) is 78.3 cm³/mol. The summed E-state index contributed by atoms with van der Waals surface area (Å²) in [6, 6.07) is 2.15. The first-order chi connectivity index (χ1) is 9.22. The molecule has 19 heavy (non-hydrogen) atoms. The summed E-state index contributed by atoms with van der Waals surface area (Å²) in [4.78, 5) is 12.3. The van der Waals surface area contributed by atoms with E-state index in [2.05, 4.69) is 5.32 Å². The quantitative estimate of drug-likeness (QED) is 0.834. The SMILES string of the molecule is CC(C(=O)NC1CCCCCC1CO)c1ccsc1. The van der Waals surface area contributed by atoms with Crippen LogP contribution in [0.15, 0.2) is 16.8 Å². The fraction of sp³-hybridized carbons (Fsp3) is 0.667. The van der Waals surface area contributed by atoms with Crippen molar-refractivity contribution in [2.75, 3.05) is 6.61 Å². The standard InChI is InChI=1S/C15H23NO2S/c1-11(13-7-8-19-10-13)15(18)16-14-6-4-2-3-5-12(14)9-17/h7-8,10-12,14,17H,2-6,9H2,1H3,(H,16,18). The molecule has 1 aromatic rings. The zero-order valence-corrected chi connectivity index (χ0v) is 12.3. The average molecular weight is 281 g/mol. The summed E-state index contributed by atoms with van der Waals surface area (Å²) in [6.07, 6.45) is 5.54. The Morgan fingerprint density at radius 1 is 1.47 bits per heavy atom. The Bertz CT molecular complexity index is 391. The highest BCUT2D eigenvalue weighted by atomic mass is 32.1. The number of carbonyl (C=O) groups excluding carboxylic acids is 1. The highest BCUT2D eigenvalue weighted by Gasteiger charge is 2.26. The van der Waals surface area contributed by atoms with Gasteiger partial charge in [-0.05, 0) is 42.2 Å². The van der Waals surface area contributed by atoms with E-state index in [1.54, 1.807) is 11.3 Å². The Hall–Kier alpha value is -0.870. The number of hydrogen-bond donors (Lipinski definition) is 2. The van der Waals surface area contributed by atoms with Gasteiger partial charge in [-0.2, -0.15) is 11.3 Å². The zero-order chi connectivity index (χ0) is 13.7. The summed E-state index contributed by atoms with van der Waals surface area (Å²) in [5.41, 5.74) is 1.08. The summed E-state index contributed by atoms with van der Waals surface area (Å²) in [6.45, 7) is 2.12. The van der Waals surface area contributed by atoms with Gasteiger partial charge in [0, 0.05) is 18.6 Å². The van der Waals surface area contributed by atoms with E-state index >= 15 is 0 Å². The van der Waals surface area contributed by atoms with Gasteiger partial charge in [0.25, 0.3) is 0 Å². The van der Waals surface area contributed by atoms with Crippen LogP contribution in [0.4, 0.5) is 0 Å². The van der Waals surface area contributed by atoms with Crippen molar-refractivity contribution < 1.29 is 9.90 Å². The van der Waals surface area contributed by atoms with Crippen LogP contribution < -0.4 is 5.32 Å². The first-order valence-electron chi connectivity index (χ1n) is 7.15. The van der Waals surface area contributed by atoms with E-state index in [0.717, 1.165) is 31.2 Å². The molecule has 0 bridgehead atoms. The minimum Gasteiger partial charge on any atom is -0.396 e. The van der Waals surface area contributed by atoms with Crippen molar-refractivity contribution in [1.29, 1.82) is 0 Å². The van der Waals surface area contributed by atoms with Crippen LogP contribution in [0.2, 0.25) is 0 Å². The molecule has 1 heterocycles. The molecule has 1 aliphatic carbocycles. The summed E-state index contributed by atoms with van der Waals surface area (Å²) < 4.78 is 0. The van der Waals surface area contributed by atoms with Crippen molar-refractivity contribution >= 4 is 17.2 Å². The minimum atomic E-state index is -0.103. The van der Waals surface area contributed by atoms with Crippen LogP contribution in [0.5, 0.6) is 0 Å². The topological polar surface area (TPSA) is 49.3 Å². The third-order valence-corrected chi connectivity index (χ3v) is 4.86. The molecular formula is C15H23NO2S.